The summed E-state index contributed by atoms with van der Waals surface area (Å²) in [7, 11) is 0. The molecular formula is C23H27Cl3N2O2S. The number of unbranched alkanes of at least 4 members (excludes halogenated alkanes) is 1. The van der Waals surface area contributed by atoms with Crippen LogP contribution in [0.4, 0.5) is 0 Å². The van der Waals surface area contributed by atoms with Crippen LogP contribution in [0, 0.1) is 0 Å². The minimum absolute atomic E-state index is 0.122. The Balaban J connectivity index is 2.08. The van der Waals surface area contributed by atoms with Crippen LogP contribution in [0.3, 0.4) is 0 Å². The number of rotatable bonds is 11. The number of halogens is 3. The van der Waals surface area contributed by atoms with Gasteiger partial charge < -0.3 is 10.2 Å². The average Bonchev–Trinajstić information content (AvgIpc) is 2.74. The molecule has 0 saturated heterocycles. The van der Waals surface area contributed by atoms with E-state index in [4.69, 9.17) is 34.8 Å². The number of benzene rings is 2. The fourth-order valence-corrected chi connectivity index (χ4v) is 4.34. The van der Waals surface area contributed by atoms with Crippen molar-refractivity contribution in [2.24, 2.45) is 0 Å². The molecule has 0 spiro atoms. The zero-order chi connectivity index (χ0) is 22.8. The van der Waals surface area contributed by atoms with Crippen molar-refractivity contribution in [3.8, 4) is 0 Å². The van der Waals surface area contributed by atoms with Crippen LogP contribution in [0.2, 0.25) is 15.1 Å². The molecule has 0 fully saturated rings. The number of nitrogens with zero attached hydrogens (tertiary/aromatic N) is 1. The van der Waals surface area contributed by atoms with Gasteiger partial charge in [-0.2, -0.15) is 0 Å². The number of hydrogen-bond acceptors (Lipinski definition) is 3. The number of amides is 2. The number of hydrogen-bond donors (Lipinski definition) is 1. The summed E-state index contributed by atoms with van der Waals surface area (Å²) in [6, 6.07) is 12.1. The number of thioether (sulfide) groups is 1. The van der Waals surface area contributed by atoms with Gasteiger partial charge in [0.15, 0.2) is 0 Å². The van der Waals surface area contributed by atoms with Crippen molar-refractivity contribution < 1.29 is 9.59 Å². The minimum Gasteiger partial charge on any atom is -0.354 e. The van der Waals surface area contributed by atoms with E-state index in [0.717, 1.165) is 24.0 Å². The smallest absolute Gasteiger partial charge is 0.242 e. The Bertz CT molecular complexity index is 878. The van der Waals surface area contributed by atoms with Crippen LogP contribution in [0.25, 0.3) is 0 Å². The van der Waals surface area contributed by atoms with Gasteiger partial charge in [-0.1, -0.05) is 66.3 Å². The predicted molar refractivity (Wildman–Crippen MR) is 132 cm³/mol. The number of carbonyl (C=O) groups is 2. The van der Waals surface area contributed by atoms with Gasteiger partial charge in [-0.15, -0.1) is 11.8 Å². The molecule has 2 amide bonds. The van der Waals surface area contributed by atoms with E-state index >= 15 is 0 Å². The first kappa shape index (κ1) is 25.9. The minimum atomic E-state index is -0.618. The van der Waals surface area contributed by atoms with Crippen molar-refractivity contribution in [2.75, 3.05) is 12.3 Å². The summed E-state index contributed by atoms with van der Waals surface area (Å²) in [4.78, 5) is 27.3. The fourth-order valence-electron chi connectivity index (χ4n) is 2.87. The van der Waals surface area contributed by atoms with Gasteiger partial charge in [0, 0.05) is 33.9 Å². The SMILES string of the molecule is CCCCNC(=O)C(C)N(Cc1ccc(Cl)cc1Cl)C(=O)CSCc1ccc(Cl)cc1. The zero-order valence-electron chi connectivity index (χ0n) is 17.7. The topological polar surface area (TPSA) is 49.4 Å². The summed E-state index contributed by atoms with van der Waals surface area (Å²) in [6.07, 6.45) is 1.88. The molecule has 0 aliphatic rings. The summed E-state index contributed by atoms with van der Waals surface area (Å²) in [6.45, 7) is 4.63. The van der Waals surface area contributed by atoms with E-state index in [0.29, 0.717) is 27.4 Å². The maximum atomic E-state index is 13.1. The Morgan fingerprint density at radius 3 is 2.39 bits per heavy atom. The molecule has 0 saturated carbocycles. The van der Waals surface area contributed by atoms with E-state index in [-0.39, 0.29) is 24.1 Å². The van der Waals surface area contributed by atoms with Gasteiger partial charge in [0.05, 0.1) is 5.75 Å². The van der Waals surface area contributed by atoms with Crippen LogP contribution in [-0.2, 0) is 21.9 Å². The first-order chi connectivity index (χ1) is 14.8. The van der Waals surface area contributed by atoms with E-state index in [1.165, 1.54) is 11.8 Å². The lowest BCUT2D eigenvalue weighted by Crippen LogP contribution is -2.48. The van der Waals surface area contributed by atoms with Crippen molar-refractivity contribution in [1.29, 1.82) is 0 Å². The molecular weight excluding hydrogens is 475 g/mol. The Hall–Kier alpha value is -1.40. The Kier molecular flexibility index (Phi) is 11.0. The number of nitrogens with one attached hydrogen (secondary N) is 1. The Labute approximate surface area is 203 Å². The highest BCUT2D eigenvalue weighted by molar-refractivity contribution is 7.99. The van der Waals surface area contributed by atoms with Crippen LogP contribution in [-0.4, -0.2) is 35.1 Å². The van der Waals surface area contributed by atoms with Gasteiger partial charge in [-0.25, -0.2) is 0 Å². The molecule has 4 nitrogen and oxygen atoms in total. The molecule has 1 unspecified atom stereocenters. The lowest BCUT2D eigenvalue weighted by molar-refractivity contribution is -0.138. The zero-order valence-corrected chi connectivity index (χ0v) is 20.8. The van der Waals surface area contributed by atoms with Crippen molar-refractivity contribution in [1.82, 2.24) is 10.2 Å². The fraction of sp³-hybridized carbons (Fsp3) is 0.391. The van der Waals surface area contributed by atoms with E-state index in [1.54, 1.807) is 30.0 Å². The molecule has 2 rings (SSSR count). The molecule has 0 radical (unpaired) electrons. The van der Waals surface area contributed by atoms with Crippen molar-refractivity contribution in [2.45, 2.75) is 45.0 Å². The normalized spacial score (nSPS) is 11.8. The van der Waals surface area contributed by atoms with Gasteiger partial charge in [-0.05, 0) is 48.7 Å². The van der Waals surface area contributed by atoms with E-state index in [1.807, 2.05) is 24.3 Å². The second-order valence-corrected chi connectivity index (χ2v) is 9.46. The van der Waals surface area contributed by atoms with E-state index in [2.05, 4.69) is 12.2 Å². The van der Waals surface area contributed by atoms with Crippen LogP contribution >= 0.6 is 46.6 Å². The molecule has 8 heteroatoms. The second kappa shape index (κ2) is 13.2. The summed E-state index contributed by atoms with van der Waals surface area (Å²) in [5, 5.41) is 4.58. The molecule has 2 aromatic rings. The van der Waals surface area contributed by atoms with Crippen LogP contribution in [0.5, 0.6) is 0 Å². The monoisotopic (exact) mass is 500 g/mol. The predicted octanol–water partition coefficient (Wildman–Crippen LogP) is 6.21. The molecule has 0 heterocycles. The molecule has 2 aromatic carbocycles. The number of carbonyl (C=O) groups excluding carboxylic acids is 2. The van der Waals surface area contributed by atoms with Gasteiger partial charge >= 0.3 is 0 Å². The average molecular weight is 502 g/mol. The highest BCUT2D eigenvalue weighted by Crippen LogP contribution is 2.24. The van der Waals surface area contributed by atoms with E-state index < -0.39 is 6.04 Å². The van der Waals surface area contributed by atoms with Crippen molar-refractivity contribution in [3.63, 3.8) is 0 Å². The van der Waals surface area contributed by atoms with Gasteiger partial charge in [0.1, 0.15) is 6.04 Å². The molecule has 0 bridgehead atoms. The summed E-state index contributed by atoms with van der Waals surface area (Å²) < 4.78 is 0. The third-order valence-electron chi connectivity index (χ3n) is 4.76. The highest BCUT2D eigenvalue weighted by Gasteiger charge is 2.26. The lowest BCUT2D eigenvalue weighted by atomic mass is 10.1. The molecule has 168 valence electrons. The third-order valence-corrected chi connectivity index (χ3v) is 6.59. The first-order valence-electron chi connectivity index (χ1n) is 10.1. The maximum absolute atomic E-state index is 13.1. The molecule has 0 aliphatic carbocycles. The van der Waals surface area contributed by atoms with Crippen LogP contribution < -0.4 is 5.32 Å². The largest absolute Gasteiger partial charge is 0.354 e. The molecule has 1 N–H and O–H groups in total. The highest BCUT2D eigenvalue weighted by atomic mass is 35.5. The molecule has 1 atom stereocenters. The second-order valence-electron chi connectivity index (χ2n) is 7.20. The summed E-state index contributed by atoms with van der Waals surface area (Å²) in [5.41, 5.74) is 1.83. The van der Waals surface area contributed by atoms with E-state index in [9.17, 15) is 9.59 Å². The summed E-state index contributed by atoms with van der Waals surface area (Å²) in [5.74, 6) is 0.633. The van der Waals surface area contributed by atoms with Gasteiger partial charge in [0.25, 0.3) is 0 Å². The van der Waals surface area contributed by atoms with Gasteiger partial charge in [-0.3, -0.25) is 9.59 Å². The molecule has 0 aromatic heterocycles. The Morgan fingerprint density at radius 2 is 1.74 bits per heavy atom. The first-order valence-corrected chi connectivity index (χ1v) is 12.4. The van der Waals surface area contributed by atoms with Crippen LogP contribution in [0.15, 0.2) is 42.5 Å². The molecule has 31 heavy (non-hydrogen) atoms. The van der Waals surface area contributed by atoms with Crippen molar-refractivity contribution in [3.05, 3.63) is 68.7 Å². The lowest BCUT2D eigenvalue weighted by Gasteiger charge is -2.29. The maximum Gasteiger partial charge on any atom is 0.242 e. The Morgan fingerprint density at radius 1 is 1.06 bits per heavy atom. The quantitative estimate of drug-likeness (QED) is 0.372. The standard InChI is InChI=1S/C23H27Cl3N2O2S/c1-3-4-11-27-23(30)16(2)28(13-18-7-10-20(25)12-21(18)26)22(29)15-31-14-17-5-8-19(24)9-6-17/h5-10,12,16H,3-4,11,13-15H2,1-2H3,(H,27,30). The third kappa shape index (κ3) is 8.57. The van der Waals surface area contributed by atoms with Crippen molar-refractivity contribution >= 4 is 58.4 Å². The van der Waals surface area contributed by atoms with Gasteiger partial charge in [0.2, 0.25) is 11.8 Å². The summed E-state index contributed by atoms with van der Waals surface area (Å²) >= 11 is 19.7. The molecule has 0 aliphatic heterocycles. The van der Waals surface area contributed by atoms with Crippen LogP contribution in [0.1, 0.15) is 37.8 Å².